The molecule has 2 N–H and O–H groups in total. The molecule has 4 heteroatoms. The smallest absolute Gasteiger partial charge is 0.184 e. The fourth-order valence-corrected chi connectivity index (χ4v) is 1.82. The first-order valence-corrected chi connectivity index (χ1v) is 4.63. The lowest BCUT2D eigenvalue weighted by atomic mass is 9.85. The number of methoxy groups -OCH3 is 1. The summed E-state index contributed by atoms with van der Waals surface area (Å²) < 4.78 is 10.3. The topological polar surface area (TPSA) is 62.2 Å². The Bertz CT molecular complexity index is 294. The molecule has 4 nitrogen and oxygen atoms in total. The van der Waals surface area contributed by atoms with Gasteiger partial charge >= 0.3 is 0 Å². The fourth-order valence-electron chi connectivity index (χ4n) is 1.82. The zero-order valence-corrected chi connectivity index (χ0v) is 8.18. The summed E-state index contributed by atoms with van der Waals surface area (Å²) in [5.74, 6) is 0.248. The van der Waals surface area contributed by atoms with Crippen molar-refractivity contribution in [3.63, 3.8) is 0 Å². The zero-order chi connectivity index (χ0) is 10.3. The van der Waals surface area contributed by atoms with Crippen LogP contribution in [0.3, 0.4) is 0 Å². The summed E-state index contributed by atoms with van der Waals surface area (Å²) in [4.78, 5) is 0. The van der Waals surface area contributed by atoms with E-state index in [0.29, 0.717) is 0 Å². The lowest BCUT2D eigenvalue weighted by Crippen LogP contribution is -2.22. The van der Waals surface area contributed by atoms with Crippen LogP contribution >= 0.6 is 0 Å². The molecule has 0 radical (unpaired) electrons. The molecular weight excluding hydrogens is 184 g/mol. The first-order valence-electron chi connectivity index (χ1n) is 4.63. The normalized spacial score (nSPS) is 41.6. The second-order valence-corrected chi connectivity index (χ2v) is 3.73. The molecule has 1 saturated heterocycles. The Morgan fingerprint density at radius 3 is 2.71 bits per heavy atom. The average Bonchev–Trinajstić information content (AvgIpc) is 2.90. The van der Waals surface area contributed by atoms with Gasteiger partial charge in [0.1, 0.15) is 11.9 Å². The number of ether oxygens (including phenoxy) is 2. The molecule has 2 rings (SSSR count). The summed E-state index contributed by atoms with van der Waals surface area (Å²) in [6.45, 7) is 1.90. The summed E-state index contributed by atoms with van der Waals surface area (Å²) in [5, 5.41) is 18.8. The van der Waals surface area contributed by atoms with E-state index in [-0.39, 0.29) is 35.7 Å². The predicted octanol–water partition coefficient (Wildman–Crippen LogP) is 1.51. The second-order valence-electron chi connectivity index (χ2n) is 3.73. The summed E-state index contributed by atoms with van der Waals surface area (Å²) in [6, 6.07) is 0. The molecule has 78 valence electrons. The van der Waals surface area contributed by atoms with Gasteiger partial charge in [0.05, 0.1) is 5.76 Å². The Kier molecular flexibility index (Phi) is 2.25. The van der Waals surface area contributed by atoms with Crippen LogP contribution in [0.5, 0.6) is 0 Å². The van der Waals surface area contributed by atoms with Crippen molar-refractivity contribution < 1.29 is 19.7 Å². The van der Waals surface area contributed by atoms with Crippen LogP contribution in [0.25, 0.3) is 0 Å². The quantitative estimate of drug-likeness (QED) is 0.660. The predicted molar refractivity (Wildman–Crippen MR) is 49.7 cm³/mol. The van der Waals surface area contributed by atoms with Crippen LogP contribution in [0, 0.1) is 11.8 Å². The van der Waals surface area contributed by atoms with Gasteiger partial charge in [-0.1, -0.05) is 6.92 Å². The highest BCUT2D eigenvalue weighted by Gasteiger charge is 2.48. The van der Waals surface area contributed by atoms with Gasteiger partial charge in [0.15, 0.2) is 6.29 Å². The molecule has 0 aromatic rings. The molecule has 0 aromatic heterocycles. The third-order valence-corrected chi connectivity index (χ3v) is 2.80. The van der Waals surface area contributed by atoms with Crippen molar-refractivity contribution in [1.29, 1.82) is 0 Å². The number of aliphatic hydroxyl groups excluding tert-OH is 2. The molecule has 1 fully saturated rings. The SMILES string of the molecule is COC1OC1C1C=C(O)C=C(O)C1C. The summed E-state index contributed by atoms with van der Waals surface area (Å²) in [5.41, 5.74) is 0. The first-order chi connectivity index (χ1) is 6.63. The monoisotopic (exact) mass is 198 g/mol. The van der Waals surface area contributed by atoms with E-state index in [1.807, 2.05) is 6.92 Å². The minimum atomic E-state index is -0.197. The van der Waals surface area contributed by atoms with Crippen molar-refractivity contribution in [3.8, 4) is 0 Å². The largest absolute Gasteiger partial charge is 0.512 e. The van der Waals surface area contributed by atoms with E-state index >= 15 is 0 Å². The molecule has 2 aliphatic rings. The van der Waals surface area contributed by atoms with Crippen LogP contribution in [0.2, 0.25) is 0 Å². The number of aliphatic hydroxyl groups is 2. The molecule has 0 saturated carbocycles. The molecular formula is C10H14O4. The molecule has 4 atom stereocenters. The van der Waals surface area contributed by atoms with Gasteiger partial charge in [-0.3, -0.25) is 0 Å². The van der Waals surface area contributed by atoms with Crippen molar-refractivity contribution in [2.45, 2.75) is 19.3 Å². The van der Waals surface area contributed by atoms with E-state index < -0.39 is 0 Å². The highest BCUT2D eigenvalue weighted by Crippen LogP contribution is 2.39. The number of rotatable bonds is 2. The van der Waals surface area contributed by atoms with Gasteiger partial charge < -0.3 is 19.7 Å². The molecule has 4 unspecified atom stereocenters. The van der Waals surface area contributed by atoms with Gasteiger partial charge in [0, 0.05) is 25.0 Å². The van der Waals surface area contributed by atoms with E-state index in [1.165, 1.54) is 6.08 Å². The minimum Gasteiger partial charge on any atom is -0.512 e. The lowest BCUT2D eigenvalue weighted by molar-refractivity contribution is 0.0950. The number of allylic oxidation sites excluding steroid dienone is 2. The fraction of sp³-hybridized carbons (Fsp3) is 0.600. The Balaban J connectivity index is 2.10. The standard InChI is InChI=1S/C10H14O4/c1-5-7(9-10(13-2)14-9)3-6(11)4-8(5)12/h3-5,7,9-12H,1-2H3. The van der Waals surface area contributed by atoms with Gasteiger partial charge in [0.2, 0.25) is 0 Å². The van der Waals surface area contributed by atoms with Crippen molar-refractivity contribution >= 4 is 0 Å². The maximum Gasteiger partial charge on any atom is 0.184 e. The van der Waals surface area contributed by atoms with Crippen LogP contribution in [-0.4, -0.2) is 29.7 Å². The van der Waals surface area contributed by atoms with Crippen molar-refractivity contribution in [2.75, 3.05) is 7.11 Å². The highest BCUT2D eigenvalue weighted by atomic mass is 16.8. The van der Waals surface area contributed by atoms with Gasteiger partial charge in [-0.2, -0.15) is 0 Å². The molecule has 1 heterocycles. The third kappa shape index (κ3) is 1.51. The van der Waals surface area contributed by atoms with Crippen LogP contribution in [0.1, 0.15) is 6.92 Å². The Hall–Kier alpha value is -1.00. The van der Waals surface area contributed by atoms with Gasteiger partial charge in [-0.25, -0.2) is 0 Å². The number of epoxide rings is 1. The number of hydrogen-bond donors (Lipinski definition) is 2. The second kappa shape index (κ2) is 3.29. The maximum atomic E-state index is 9.52. The summed E-state index contributed by atoms with van der Waals surface area (Å²) in [7, 11) is 1.58. The highest BCUT2D eigenvalue weighted by molar-refractivity contribution is 5.24. The molecule has 1 aliphatic heterocycles. The Morgan fingerprint density at radius 1 is 1.43 bits per heavy atom. The molecule has 0 bridgehead atoms. The van der Waals surface area contributed by atoms with Gasteiger partial charge in [-0.15, -0.1) is 0 Å². The summed E-state index contributed by atoms with van der Waals surface area (Å²) in [6.07, 6.45) is 2.82. The van der Waals surface area contributed by atoms with E-state index in [1.54, 1.807) is 13.2 Å². The van der Waals surface area contributed by atoms with Crippen molar-refractivity contribution in [2.24, 2.45) is 11.8 Å². The molecule has 1 aliphatic carbocycles. The van der Waals surface area contributed by atoms with Crippen LogP contribution in [0.15, 0.2) is 23.7 Å². The zero-order valence-electron chi connectivity index (χ0n) is 8.18. The molecule has 14 heavy (non-hydrogen) atoms. The van der Waals surface area contributed by atoms with E-state index in [9.17, 15) is 10.2 Å². The number of hydrogen-bond acceptors (Lipinski definition) is 4. The molecule has 0 aromatic carbocycles. The average molecular weight is 198 g/mol. The van der Waals surface area contributed by atoms with E-state index in [0.717, 1.165) is 0 Å². The Morgan fingerprint density at radius 2 is 2.14 bits per heavy atom. The minimum absolute atomic E-state index is 0.00931. The molecule has 0 amide bonds. The van der Waals surface area contributed by atoms with Gasteiger partial charge in [0.25, 0.3) is 0 Å². The van der Waals surface area contributed by atoms with Gasteiger partial charge in [-0.05, 0) is 6.08 Å². The molecule has 0 spiro atoms. The summed E-state index contributed by atoms with van der Waals surface area (Å²) >= 11 is 0. The van der Waals surface area contributed by atoms with Crippen molar-refractivity contribution in [1.82, 2.24) is 0 Å². The van der Waals surface area contributed by atoms with Crippen LogP contribution in [0.4, 0.5) is 0 Å². The van der Waals surface area contributed by atoms with E-state index in [4.69, 9.17) is 9.47 Å². The van der Waals surface area contributed by atoms with Crippen LogP contribution in [-0.2, 0) is 9.47 Å². The van der Waals surface area contributed by atoms with E-state index in [2.05, 4.69) is 0 Å². The first kappa shape index (κ1) is 9.55. The lowest BCUT2D eigenvalue weighted by Gasteiger charge is -2.22. The Labute approximate surface area is 82.4 Å². The van der Waals surface area contributed by atoms with Crippen molar-refractivity contribution in [3.05, 3.63) is 23.7 Å². The van der Waals surface area contributed by atoms with Crippen LogP contribution < -0.4 is 0 Å². The third-order valence-electron chi connectivity index (χ3n) is 2.80. The maximum absolute atomic E-state index is 9.52.